The molecule has 3 aliphatic rings. The molecule has 3 atom stereocenters. The Morgan fingerprint density at radius 3 is 2.63 bits per heavy atom. The van der Waals surface area contributed by atoms with Crippen molar-refractivity contribution in [3.05, 3.63) is 0 Å². The van der Waals surface area contributed by atoms with Crippen LogP contribution in [0.25, 0.3) is 0 Å². The number of fused-ring (bicyclic) bond motifs is 1. The molecule has 1 amide bonds. The first-order chi connectivity index (χ1) is 8.76. The Bertz CT molecular complexity index is 525. The lowest BCUT2D eigenvalue weighted by Gasteiger charge is -2.37. The van der Waals surface area contributed by atoms with Crippen molar-refractivity contribution in [2.24, 2.45) is 16.7 Å². The minimum Gasteiger partial charge on any atom is -0.274 e. The molecule has 2 bridgehead atoms. The van der Waals surface area contributed by atoms with Gasteiger partial charge in [0.05, 0.1) is 11.8 Å². The van der Waals surface area contributed by atoms with Crippen LogP contribution in [0.3, 0.4) is 0 Å². The lowest BCUT2D eigenvalue weighted by Crippen LogP contribution is -2.44. The molecule has 0 aromatic carbocycles. The van der Waals surface area contributed by atoms with Crippen molar-refractivity contribution in [1.29, 1.82) is 0 Å². The van der Waals surface area contributed by atoms with Gasteiger partial charge < -0.3 is 0 Å². The van der Waals surface area contributed by atoms with Gasteiger partial charge in [0.25, 0.3) is 0 Å². The molecule has 1 heterocycles. The second-order valence-corrected chi connectivity index (χ2v) is 8.91. The smallest absolute Gasteiger partial charge is 0.238 e. The van der Waals surface area contributed by atoms with Crippen LogP contribution >= 0.6 is 0 Å². The van der Waals surface area contributed by atoms with Crippen LogP contribution in [0.5, 0.6) is 0 Å². The quantitative estimate of drug-likeness (QED) is 0.781. The van der Waals surface area contributed by atoms with Gasteiger partial charge in [-0.15, -0.1) is 0 Å². The van der Waals surface area contributed by atoms with E-state index in [4.69, 9.17) is 0 Å². The predicted octanol–water partition coefficient (Wildman–Crippen LogP) is 2.15. The molecule has 108 valence electrons. The molecular formula is C14H23NO3S. The largest absolute Gasteiger partial charge is 0.274 e. The zero-order valence-corrected chi connectivity index (χ0v) is 12.8. The standard InChI is InChI=1S/C14H23NO3S/c1-4-5-12(16)15-11-8-10-6-7-14(11,13(10,2)3)9-19(15,17)18/h10-11H,4-9H2,1-3H3/t10-,11-,14-/m0/s1. The van der Waals surface area contributed by atoms with Gasteiger partial charge in [0, 0.05) is 11.8 Å². The van der Waals surface area contributed by atoms with Crippen molar-refractivity contribution in [2.45, 2.75) is 58.9 Å². The van der Waals surface area contributed by atoms with Gasteiger partial charge in [-0.25, -0.2) is 12.7 Å². The zero-order chi connectivity index (χ0) is 14.1. The average molecular weight is 285 g/mol. The zero-order valence-electron chi connectivity index (χ0n) is 12.0. The third-order valence-electron chi connectivity index (χ3n) is 6.12. The first kappa shape index (κ1) is 13.4. The molecule has 1 spiro atoms. The highest BCUT2D eigenvalue weighted by Crippen LogP contribution is 2.69. The number of rotatable bonds is 2. The number of carbonyl (C=O) groups is 1. The van der Waals surface area contributed by atoms with Crippen LogP contribution < -0.4 is 0 Å². The summed E-state index contributed by atoms with van der Waals surface area (Å²) in [6.07, 6.45) is 4.01. The fraction of sp³-hybridized carbons (Fsp3) is 0.929. The van der Waals surface area contributed by atoms with Gasteiger partial charge in [0.15, 0.2) is 0 Å². The Labute approximate surface area is 115 Å². The molecule has 1 saturated heterocycles. The monoisotopic (exact) mass is 285 g/mol. The highest BCUT2D eigenvalue weighted by Gasteiger charge is 2.72. The van der Waals surface area contributed by atoms with E-state index in [1.54, 1.807) is 0 Å². The molecule has 0 aromatic rings. The number of hydrogen-bond donors (Lipinski definition) is 0. The van der Waals surface area contributed by atoms with E-state index in [1.165, 1.54) is 4.31 Å². The molecular weight excluding hydrogens is 262 g/mol. The average Bonchev–Trinajstić information content (AvgIpc) is 2.75. The summed E-state index contributed by atoms with van der Waals surface area (Å²) >= 11 is 0. The first-order valence-corrected chi connectivity index (χ1v) is 8.92. The molecule has 5 heteroatoms. The molecule has 1 aliphatic heterocycles. The van der Waals surface area contributed by atoms with Crippen LogP contribution in [0.15, 0.2) is 0 Å². The van der Waals surface area contributed by atoms with E-state index in [1.807, 2.05) is 6.92 Å². The van der Waals surface area contributed by atoms with E-state index in [9.17, 15) is 13.2 Å². The van der Waals surface area contributed by atoms with Crippen molar-refractivity contribution in [1.82, 2.24) is 4.31 Å². The number of carbonyl (C=O) groups excluding carboxylic acids is 1. The van der Waals surface area contributed by atoms with Crippen LogP contribution in [0, 0.1) is 16.7 Å². The van der Waals surface area contributed by atoms with Crippen LogP contribution in [-0.2, 0) is 14.8 Å². The molecule has 2 saturated carbocycles. The van der Waals surface area contributed by atoms with Crippen molar-refractivity contribution in [3.63, 3.8) is 0 Å². The minimum atomic E-state index is -3.40. The summed E-state index contributed by atoms with van der Waals surface area (Å²) in [5.74, 6) is 0.571. The molecule has 3 rings (SSSR count). The summed E-state index contributed by atoms with van der Waals surface area (Å²) in [4.78, 5) is 12.2. The lowest BCUT2D eigenvalue weighted by molar-refractivity contribution is -0.129. The van der Waals surface area contributed by atoms with Gasteiger partial charge >= 0.3 is 0 Å². The van der Waals surface area contributed by atoms with Gasteiger partial charge in [-0.3, -0.25) is 4.79 Å². The molecule has 0 unspecified atom stereocenters. The highest BCUT2D eigenvalue weighted by atomic mass is 32.2. The second kappa shape index (κ2) is 3.74. The summed E-state index contributed by atoms with van der Waals surface area (Å²) in [5.41, 5.74) is -0.133. The maximum atomic E-state index is 12.5. The fourth-order valence-corrected chi connectivity index (χ4v) is 7.52. The Kier molecular flexibility index (Phi) is 2.64. The summed E-state index contributed by atoms with van der Waals surface area (Å²) in [6, 6.07) is -0.0645. The Morgan fingerprint density at radius 2 is 2.05 bits per heavy atom. The summed E-state index contributed by atoms with van der Waals surface area (Å²) < 4.78 is 26.2. The first-order valence-electron chi connectivity index (χ1n) is 7.31. The molecule has 0 N–H and O–H groups in total. The maximum absolute atomic E-state index is 12.5. The maximum Gasteiger partial charge on any atom is 0.238 e. The third-order valence-corrected chi connectivity index (χ3v) is 8.06. The van der Waals surface area contributed by atoms with Crippen molar-refractivity contribution < 1.29 is 13.2 Å². The van der Waals surface area contributed by atoms with Gasteiger partial charge in [0.2, 0.25) is 15.9 Å². The van der Waals surface area contributed by atoms with Crippen LogP contribution in [0.4, 0.5) is 0 Å². The van der Waals surface area contributed by atoms with E-state index >= 15 is 0 Å². The fourth-order valence-electron chi connectivity index (χ4n) is 4.94. The topological polar surface area (TPSA) is 54.5 Å². The number of hydrogen-bond acceptors (Lipinski definition) is 3. The van der Waals surface area contributed by atoms with Gasteiger partial charge in [-0.2, -0.15) is 0 Å². The van der Waals surface area contributed by atoms with Gasteiger partial charge in [0.1, 0.15) is 0 Å². The number of amides is 1. The minimum absolute atomic E-state index is 0.0476. The second-order valence-electron chi connectivity index (χ2n) is 7.06. The Morgan fingerprint density at radius 1 is 1.37 bits per heavy atom. The predicted molar refractivity (Wildman–Crippen MR) is 72.9 cm³/mol. The van der Waals surface area contributed by atoms with Gasteiger partial charge in [-0.1, -0.05) is 20.8 Å². The van der Waals surface area contributed by atoms with E-state index < -0.39 is 10.0 Å². The van der Waals surface area contributed by atoms with Gasteiger partial charge in [-0.05, 0) is 37.0 Å². The molecule has 2 aliphatic carbocycles. The third kappa shape index (κ3) is 1.45. The molecule has 0 aromatic heterocycles. The van der Waals surface area contributed by atoms with Crippen molar-refractivity contribution >= 4 is 15.9 Å². The van der Waals surface area contributed by atoms with E-state index in [-0.39, 0.29) is 28.5 Å². The molecule has 3 fully saturated rings. The van der Waals surface area contributed by atoms with Crippen molar-refractivity contribution in [3.8, 4) is 0 Å². The molecule has 4 nitrogen and oxygen atoms in total. The lowest BCUT2D eigenvalue weighted by atomic mass is 9.69. The summed E-state index contributed by atoms with van der Waals surface area (Å²) in [6.45, 7) is 6.32. The van der Waals surface area contributed by atoms with Crippen LogP contribution in [-0.4, -0.2) is 30.4 Å². The van der Waals surface area contributed by atoms with E-state index in [0.717, 1.165) is 19.3 Å². The van der Waals surface area contributed by atoms with E-state index in [2.05, 4.69) is 13.8 Å². The van der Waals surface area contributed by atoms with Crippen LogP contribution in [0.1, 0.15) is 52.9 Å². The Balaban J connectivity index is 2.04. The van der Waals surface area contributed by atoms with Crippen molar-refractivity contribution in [2.75, 3.05) is 5.75 Å². The molecule has 19 heavy (non-hydrogen) atoms. The summed E-state index contributed by atoms with van der Waals surface area (Å²) in [5, 5.41) is 0. The van der Waals surface area contributed by atoms with Crippen LogP contribution in [0.2, 0.25) is 0 Å². The van der Waals surface area contributed by atoms with E-state index in [0.29, 0.717) is 18.8 Å². The number of nitrogens with zero attached hydrogens (tertiary/aromatic N) is 1. The summed E-state index contributed by atoms with van der Waals surface area (Å²) in [7, 11) is -3.40. The molecule has 0 radical (unpaired) electrons. The normalized spacial score (nSPS) is 41.5. The SMILES string of the molecule is CCCC(=O)N1[C@H]2C[C@@H]3CC[C@@]2(CS1(=O)=O)C3(C)C. The number of sulfonamides is 1. The highest BCUT2D eigenvalue weighted by molar-refractivity contribution is 7.90. The Hall–Kier alpha value is -0.580.